The summed E-state index contributed by atoms with van der Waals surface area (Å²) in [5.41, 5.74) is 4.53. The minimum atomic E-state index is 1.13. The first kappa shape index (κ1) is 10.5. The van der Waals surface area contributed by atoms with Crippen LogP contribution in [0.25, 0.3) is 0 Å². The largest absolute Gasteiger partial charge is 0.384 e. The van der Waals surface area contributed by atoms with Crippen molar-refractivity contribution in [1.82, 2.24) is 0 Å². The SMILES string of the molecule is CCCCCCc1cccc2c1CCN2. The molecule has 82 valence electrons. The van der Waals surface area contributed by atoms with Gasteiger partial charge in [-0.1, -0.05) is 38.3 Å². The van der Waals surface area contributed by atoms with E-state index in [0.29, 0.717) is 0 Å². The van der Waals surface area contributed by atoms with E-state index in [0.717, 1.165) is 6.54 Å². The summed E-state index contributed by atoms with van der Waals surface area (Å²) in [6.45, 7) is 3.39. The Morgan fingerprint density at radius 2 is 2.13 bits per heavy atom. The molecule has 0 unspecified atom stereocenters. The molecule has 0 atom stereocenters. The van der Waals surface area contributed by atoms with Gasteiger partial charge < -0.3 is 5.32 Å². The fourth-order valence-corrected chi connectivity index (χ4v) is 2.39. The zero-order valence-corrected chi connectivity index (χ0v) is 9.68. The van der Waals surface area contributed by atoms with Gasteiger partial charge in [0.15, 0.2) is 0 Å². The second-order valence-corrected chi connectivity index (χ2v) is 4.43. The highest BCUT2D eigenvalue weighted by atomic mass is 14.9. The predicted molar refractivity (Wildman–Crippen MR) is 66.5 cm³/mol. The molecular formula is C14H21N. The number of anilines is 1. The summed E-state index contributed by atoms with van der Waals surface area (Å²) >= 11 is 0. The number of nitrogens with one attached hydrogen (secondary N) is 1. The quantitative estimate of drug-likeness (QED) is 0.718. The Bertz CT molecular complexity index is 317. The number of hydrogen-bond acceptors (Lipinski definition) is 1. The number of benzene rings is 1. The molecule has 1 N–H and O–H groups in total. The zero-order valence-electron chi connectivity index (χ0n) is 9.68. The average molecular weight is 203 g/mol. The maximum Gasteiger partial charge on any atom is 0.0376 e. The van der Waals surface area contributed by atoms with E-state index in [2.05, 4.69) is 30.4 Å². The van der Waals surface area contributed by atoms with E-state index in [1.54, 1.807) is 11.1 Å². The summed E-state index contributed by atoms with van der Waals surface area (Å²) in [5, 5.41) is 3.44. The molecule has 0 amide bonds. The summed E-state index contributed by atoms with van der Waals surface area (Å²) in [6.07, 6.45) is 7.93. The summed E-state index contributed by atoms with van der Waals surface area (Å²) < 4.78 is 0. The lowest BCUT2D eigenvalue weighted by atomic mass is 9.99. The molecule has 1 aliphatic rings. The Balaban J connectivity index is 1.94. The van der Waals surface area contributed by atoms with Crippen molar-refractivity contribution in [3.8, 4) is 0 Å². The number of hydrogen-bond donors (Lipinski definition) is 1. The molecule has 0 bridgehead atoms. The van der Waals surface area contributed by atoms with Crippen LogP contribution in [0.2, 0.25) is 0 Å². The number of fused-ring (bicyclic) bond motifs is 1. The molecule has 0 saturated carbocycles. The molecule has 2 rings (SSSR count). The minimum Gasteiger partial charge on any atom is -0.384 e. The first-order valence-electron chi connectivity index (χ1n) is 6.26. The minimum absolute atomic E-state index is 1.13. The van der Waals surface area contributed by atoms with Crippen LogP contribution in [0.1, 0.15) is 43.7 Å². The lowest BCUT2D eigenvalue weighted by Crippen LogP contribution is -1.92. The van der Waals surface area contributed by atoms with Crippen LogP contribution in [0.15, 0.2) is 18.2 Å². The summed E-state index contributed by atoms with van der Waals surface area (Å²) in [6, 6.07) is 6.70. The molecule has 0 fully saturated rings. The lowest BCUT2D eigenvalue weighted by molar-refractivity contribution is 0.665. The third kappa shape index (κ3) is 2.53. The van der Waals surface area contributed by atoms with Crippen molar-refractivity contribution < 1.29 is 0 Å². The Hall–Kier alpha value is -0.980. The molecule has 0 aromatic heterocycles. The normalized spacial score (nSPS) is 13.7. The number of unbranched alkanes of at least 4 members (excludes halogenated alkanes) is 3. The Labute approximate surface area is 92.9 Å². The van der Waals surface area contributed by atoms with Gasteiger partial charge in [-0.2, -0.15) is 0 Å². The van der Waals surface area contributed by atoms with Gasteiger partial charge in [-0.15, -0.1) is 0 Å². The van der Waals surface area contributed by atoms with Gasteiger partial charge in [0.2, 0.25) is 0 Å². The highest BCUT2D eigenvalue weighted by Crippen LogP contribution is 2.26. The molecule has 0 radical (unpaired) electrons. The van der Waals surface area contributed by atoms with Crippen LogP contribution < -0.4 is 5.32 Å². The van der Waals surface area contributed by atoms with Crippen LogP contribution in [0.3, 0.4) is 0 Å². The highest BCUT2D eigenvalue weighted by molar-refractivity contribution is 5.58. The van der Waals surface area contributed by atoms with E-state index < -0.39 is 0 Å². The van der Waals surface area contributed by atoms with Crippen molar-refractivity contribution >= 4 is 5.69 Å². The van der Waals surface area contributed by atoms with Crippen LogP contribution in [0, 0.1) is 0 Å². The van der Waals surface area contributed by atoms with Crippen molar-refractivity contribution in [2.45, 2.75) is 45.4 Å². The van der Waals surface area contributed by atoms with E-state index in [1.807, 2.05) is 0 Å². The molecule has 1 aliphatic heterocycles. The van der Waals surface area contributed by atoms with Gasteiger partial charge in [-0.05, 0) is 36.5 Å². The maximum atomic E-state index is 3.44. The molecule has 1 heteroatoms. The summed E-state index contributed by atoms with van der Waals surface area (Å²) in [4.78, 5) is 0. The standard InChI is InChI=1S/C14H21N/c1-2-3-4-5-7-12-8-6-9-14-13(12)10-11-15-14/h6,8-9,15H,2-5,7,10-11H2,1H3. The highest BCUT2D eigenvalue weighted by Gasteiger charge is 2.12. The Morgan fingerprint density at radius 3 is 3.00 bits per heavy atom. The van der Waals surface area contributed by atoms with E-state index in [1.165, 1.54) is 44.2 Å². The van der Waals surface area contributed by atoms with Crippen molar-refractivity contribution in [1.29, 1.82) is 0 Å². The second-order valence-electron chi connectivity index (χ2n) is 4.43. The van der Waals surface area contributed by atoms with E-state index in [9.17, 15) is 0 Å². The van der Waals surface area contributed by atoms with E-state index >= 15 is 0 Å². The van der Waals surface area contributed by atoms with Crippen molar-refractivity contribution in [3.05, 3.63) is 29.3 Å². The predicted octanol–water partition coefficient (Wildman–Crippen LogP) is 3.78. The summed E-state index contributed by atoms with van der Waals surface area (Å²) in [5.74, 6) is 0. The van der Waals surface area contributed by atoms with Gasteiger partial charge in [0.1, 0.15) is 0 Å². The third-order valence-electron chi connectivity index (χ3n) is 3.26. The van der Waals surface area contributed by atoms with Crippen molar-refractivity contribution in [3.63, 3.8) is 0 Å². The van der Waals surface area contributed by atoms with Gasteiger partial charge in [-0.3, -0.25) is 0 Å². The lowest BCUT2D eigenvalue weighted by Gasteiger charge is -2.07. The van der Waals surface area contributed by atoms with Crippen LogP contribution in [0.5, 0.6) is 0 Å². The van der Waals surface area contributed by atoms with E-state index in [4.69, 9.17) is 0 Å². The first-order valence-corrected chi connectivity index (χ1v) is 6.26. The number of aryl methyl sites for hydroxylation is 1. The van der Waals surface area contributed by atoms with Crippen molar-refractivity contribution in [2.24, 2.45) is 0 Å². The smallest absolute Gasteiger partial charge is 0.0376 e. The fourth-order valence-electron chi connectivity index (χ4n) is 2.39. The second kappa shape index (κ2) is 5.20. The zero-order chi connectivity index (χ0) is 10.5. The first-order chi connectivity index (χ1) is 7.42. The van der Waals surface area contributed by atoms with Gasteiger partial charge in [-0.25, -0.2) is 0 Å². The summed E-state index contributed by atoms with van der Waals surface area (Å²) in [7, 11) is 0. The monoisotopic (exact) mass is 203 g/mol. The topological polar surface area (TPSA) is 12.0 Å². The maximum absolute atomic E-state index is 3.44. The molecule has 1 heterocycles. The third-order valence-corrected chi connectivity index (χ3v) is 3.26. The van der Waals surface area contributed by atoms with Crippen LogP contribution in [-0.4, -0.2) is 6.54 Å². The van der Waals surface area contributed by atoms with Crippen LogP contribution in [-0.2, 0) is 12.8 Å². The molecule has 15 heavy (non-hydrogen) atoms. The van der Waals surface area contributed by atoms with Crippen LogP contribution in [0.4, 0.5) is 5.69 Å². The van der Waals surface area contributed by atoms with Crippen molar-refractivity contribution in [2.75, 3.05) is 11.9 Å². The van der Waals surface area contributed by atoms with Gasteiger partial charge in [0.05, 0.1) is 0 Å². The molecule has 0 saturated heterocycles. The van der Waals surface area contributed by atoms with Gasteiger partial charge >= 0.3 is 0 Å². The molecule has 1 nitrogen and oxygen atoms in total. The number of rotatable bonds is 5. The molecule has 1 aromatic rings. The molecule has 1 aromatic carbocycles. The van der Waals surface area contributed by atoms with E-state index in [-0.39, 0.29) is 0 Å². The fraction of sp³-hybridized carbons (Fsp3) is 0.571. The molecular weight excluding hydrogens is 182 g/mol. The van der Waals surface area contributed by atoms with Gasteiger partial charge in [0.25, 0.3) is 0 Å². The van der Waals surface area contributed by atoms with Gasteiger partial charge in [0, 0.05) is 12.2 Å². The van der Waals surface area contributed by atoms with Crippen LogP contribution >= 0.6 is 0 Å². The molecule has 0 spiro atoms. The Morgan fingerprint density at radius 1 is 1.20 bits per heavy atom. The Kier molecular flexibility index (Phi) is 3.65. The average Bonchev–Trinajstić information content (AvgIpc) is 2.73. The molecule has 0 aliphatic carbocycles.